The number of ether oxygens (including phenoxy) is 2. The van der Waals surface area contributed by atoms with Crippen molar-refractivity contribution in [3.05, 3.63) is 29.5 Å². The number of pyridine rings is 1. The molecule has 4 nitrogen and oxygen atoms in total. The number of aliphatic hydroxyl groups is 1. The maximum absolute atomic E-state index is 9.21. The van der Waals surface area contributed by atoms with Gasteiger partial charge in [-0.3, -0.25) is 4.98 Å². The lowest BCUT2D eigenvalue weighted by molar-refractivity contribution is 0.280. The lowest BCUT2D eigenvalue weighted by Crippen LogP contribution is -1.96. The van der Waals surface area contributed by atoms with Gasteiger partial charge in [0.1, 0.15) is 0 Å². The van der Waals surface area contributed by atoms with E-state index in [0.29, 0.717) is 11.5 Å². The largest absolute Gasteiger partial charge is 0.493 e. The summed E-state index contributed by atoms with van der Waals surface area (Å²) in [5.74, 6) is 1.32. The van der Waals surface area contributed by atoms with Crippen molar-refractivity contribution in [3.63, 3.8) is 0 Å². The van der Waals surface area contributed by atoms with Crippen LogP contribution in [-0.4, -0.2) is 24.3 Å². The van der Waals surface area contributed by atoms with E-state index in [9.17, 15) is 5.11 Å². The summed E-state index contributed by atoms with van der Waals surface area (Å²) in [4.78, 5) is 4.43. The average molecular weight is 233 g/mol. The Balaban J connectivity index is 2.70. The quantitative estimate of drug-likeness (QED) is 0.881. The molecule has 0 atom stereocenters. The molecule has 0 aliphatic heterocycles. The van der Waals surface area contributed by atoms with Crippen LogP contribution in [0.25, 0.3) is 10.9 Å². The first-order valence-corrected chi connectivity index (χ1v) is 5.32. The van der Waals surface area contributed by atoms with Crippen molar-refractivity contribution >= 4 is 10.9 Å². The second-order valence-corrected chi connectivity index (χ2v) is 3.79. The number of hydrogen-bond donors (Lipinski definition) is 1. The van der Waals surface area contributed by atoms with Crippen molar-refractivity contribution in [3.8, 4) is 11.5 Å². The van der Waals surface area contributed by atoms with E-state index in [1.54, 1.807) is 14.2 Å². The molecule has 2 rings (SSSR count). The first kappa shape index (κ1) is 11.7. The number of nitrogens with zero attached hydrogens (tertiary/aromatic N) is 1. The Bertz CT molecular complexity index is 552. The van der Waals surface area contributed by atoms with E-state index >= 15 is 0 Å². The van der Waals surface area contributed by atoms with Crippen molar-refractivity contribution in [1.29, 1.82) is 0 Å². The van der Waals surface area contributed by atoms with Crippen LogP contribution in [0.15, 0.2) is 18.2 Å². The van der Waals surface area contributed by atoms with Crippen LogP contribution in [0.2, 0.25) is 0 Å². The van der Waals surface area contributed by atoms with Crippen LogP contribution < -0.4 is 9.47 Å². The van der Waals surface area contributed by atoms with Gasteiger partial charge in [0.25, 0.3) is 0 Å². The topological polar surface area (TPSA) is 51.6 Å². The van der Waals surface area contributed by atoms with E-state index in [-0.39, 0.29) is 6.61 Å². The SMILES string of the molecule is COc1cc2cc(CO)c(C)nc2cc1OC. The highest BCUT2D eigenvalue weighted by Crippen LogP contribution is 2.32. The zero-order valence-corrected chi connectivity index (χ0v) is 10.2. The van der Waals surface area contributed by atoms with Gasteiger partial charge in [-0.25, -0.2) is 0 Å². The van der Waals surface area contributed by atoms with Crippen molar-refractivity contribution in [2.45, 2.75) is 13.5 Å². The molecule has 0 aliphatic rings. The predicted molar refractivity (Wildman–Crippen MR) is 65.5 cm³/mol. The van der Waals surface area contributed by atoms with Gasteiger partial charge >= 0.3 is 0 Å². The van der Waals surface area contributed by atoms with Gasteiger partial charge in [0.05, 0.1) is 26.3 Å². The summed E-state index contributed by atoms with van der Waals surface area (Å²) in [7, 11) is 3.19. The van der Waals surface area contributed by atoms with E-state index < -0.39 is 0 Å². The summed E-state index contributed by atoms with van der Waals surface area (Å²) in [6.07, 6.45) is 0. The lowest BCUT2D eigenvalue weighted by Gasteiger charge is -2.10. The molecule has 2 aromatic rings. The Kier molecular flexibility index (Phi) is 3.15. The Hall–Kier alpha value is -1.81. The van der Waals surface area contributed by atoms with Gasteiger partial charge < -0.3 is 14.6 Å². The summed E-state index contributed by atoms with van der Waals surface area (Å²) in [6.45, 7) is 1.87. The first-order chi connectivity index (χ1) is 8.19. The zero-order chi connectivity index (χ0) is 12.4. The fourth-order valence-electron chi connectivity index (χ4n) is 1.80. The highest BCUT2D eigenvalue weighted by Gasteiger charge is 2.08. The molecule has 0 fully saturated rings. The molecule has 0 spiro atoms. The maximum Gasteiger partial charge on any atom is 0.162 e. The number of methoxy groups -OCH3 is 2. The van der Waals surface area contributed by atoms with E-state index in [4.69, 9.17) is 9.47 Å². The monoisotopic (exact) mass is 233 g/mol. The average Bonchev–Trinajstić information content (AvgIpc) is 2.36. The summed E-state index contributed by atoms with van der Waals surface area (Å²) < 4.78 is 10.5. The van der Waals surface area contributed by atoms with Gasteiger partial charge in [-0.15, -0.1) is 0 Å². The van der Waals surface area contributed by atoms with Gasteiger partial charge in [-0.1, -0.05) is 0 Å². The first-order valence-electron chi connectivity index (χ1n) is 5.32. The molecule has 0 aliphatic carbocycles. The minimum atomic E-state index is -0.0108. The molecule has 0 unspecified atom stereocenters. The minimum Gasteiger partial charge on any atom is -0.493 e. The zero-order valence-electron chi connectivity index (χ0n) is 10.2. The second kappa shape index (κ2) is 4.59. The van der Waals surface area contributed by atoms with Crippen LogP contribution in [0.5, 0.6) is 11.5 Å². The number of benzene rings is 1. The third kappa shape index (κ3) is 2.03. The number of hydrogen-bond acceptors (Lipinski definition) is 4. The number of aliphatic hydroxyl groups excluding tert-OH is 1. The lowest BCUT2D eigenvalue weighted by atomic mass is 10.1. The Labute approximate surface area is 99.8 Å². The van der Waals surface area contributed by atoms with Crippen molar-refractivity contribution < 1.29 is 14.6 Å². The molecule has 0 radical (unpaired) electrons. The summed E-state index contributed by atoms with van der Waals surface area (Å²) in [6, 6.07) is 5.61. The third-order valence-corrected chi connectivity index (χ3v) is 2.79. The van der Waals surface area contributed by atoms with Crippen LogP contribution in [0.3, 0.4) is 0 Å². The molecule has 90 valence electrons. The molecular formula is C13H15NO3. The summed E-state index contributed by atoms with van der Waals surface area (Å²) >= 11 is 0. The molecule has 1 aromatic carbocycles. The van der Waals surface area contributed by atoms with Crippen LogP contribution in [-0.2, 0) is 6.61 Å². The minimum absolute atomic E-state index is 0.0108. The molecule has 1 N–H and O–H groups in total. The highest BCUT2D eigenvalue weighted by molar-refractivity contribution is 5.83. The number of aryl methyl sites for hydroxylation is 1. The molecule has 1 aromatic heterocycles. The Morgan fingerprint density at radius 3 is 2.35 bits per heavy atom. The van der Waals surface area contributed by atoms with E-state index in [1.165, 1.54) is 0 Å². The smallest absolute Gasteiger partial charge is 0.162 e. The number of fused-ring (bicyclic) bond motifs is 1. The normalized spacial score (nSPS) is 10.6. The standard InChI is InChI=1S/C13H15NO3/c1-8-10(7-15)4-9-5-12(16-2)13(17-3)6-11(9)14-8/h4-6,15H,7H2,1-3H3. The molecule has 1 heterocycles. The molecule has 0 bridgehead atoms. The number of rotatable bonds is 3. The molecule has 17 heavy (non-hydrogen) atoms. The molecule has 0 amide bonds. The van der Waals surface area contributed by atoms with Crippen LogP contribution in [0.1, 0.15) is 11.3 Å². The van der Waals surface area contributed by atoms with E-state index in [0.717, 1.165) is 22.2 Å². The molecule has 0 saturated carbocycles. The second-order valence-electron chi connectivity index (χ2n) is 3.79. The van der Waals surface area contributed by atoms with Gasteiger partial charge in [0.15, 0.2) is 11.5 Å². The molecule has 4 heteroatoms. The highest BCUT2D eigenvalue weighted by atomic mass is 16.5. The van der Waals surface area contributed by atoms with Crippen LogP contribution in [0.4, 0.5) is 0 Å². The fraction of sp³-hybridized carbons (Fsp3) is 0.308. The van der Waals surface area contributed by atoms with Gasteiger partial charge in [-0.05, 0) is 24.6 Å². The summed E-state index contributed by atoms with van der Waals surface area (Å²) in [5.41, 5.74) is 2.48. The maximum atomic E-state index is 9.21. The van der Waals surface area contributed by atoms with Gasteiger partial charge in [-0.2, -0.15) is 0 Å². The molecular weight excluding hydrogens is 218 g/mol. The van der Waals surface area contributed by atoms with Crippen molar-refractivity contribution in [1.82, 2.24) is 4.98 Å². The Morgan fingerprint density at radius 2 is 1.76 bits per heavy atom. The predicted octanol–water partition coefficient (Wildman–Crippen LogP) is 2.05. The Morgan fingerprint density at radius 1 is 1.12 bits per heavy atom. The van der Waals surface area contributed by atoms with Crippen LogP contribution in [0, 0.1) is 6.92 Å². The number of aromatic nitrogens is 1. The van der Waals surface area contributed by atoms with Crippen molar-refractivity contribution in [2.24, 2.45) is 0 Å². The third-order valence-electron chi connectivity index (χ3n) is 2.79. The molecule has 0 saturated heterocycles. The van der Waals surface area contributed by atoms with E-state index in [1.807, 2.05) is 25.1 Å². The van der Waals surface area contributed by atoms with Gasteiger partial charge in [0, 0.05) is 17.1 Å². The van der Waals surface area contributed by atoms with Crippen molar-refractivity contribution in [2.75, 3.05) is 14.2 Å². The fourth-order valence-corrected chi connectivity index (χ4v) is 1.80. The summed E-state index contributed by atoms with van der Waals surface area (Å²) in [5, 5.41) is 10.1. The van der Waals surface area contributed by atoms with Crippen LogP contribution >= 0.6 is 0 Å². The van der Waals surface area contributed by atoms with Gasteiger partial charge in [0.2, 0.25) is 0 Å². The van der Waals surface area contributed by atoms with E-state index in [2.05, 4.69) is 4.98 Å².